The molecule has 2 atom stereocenters. The summed E-state index contributed by atoms with van der Waals surface area (Å²) in [5, 5.41) is 16.4. The second kappa shape index (κ2) is 5.02. The average Bonchev–Trinajstić information content (AvgIpc) is 2.68. The number of rotatable bonds is 3. The van der Waals surface area contributed by atoms with Gasteiger partial charge in [-0.1, -0.05) is 13.0 Å². The standard InChI is InChI=1S/C12H17N3O4S/c1-8-6-7-14(9(8)2)10-4-3-5-11(20(13,18)19)12(10)15(16)17/h3-5,8-9H,6-7H2,1-2H3,(H2,13,18,19)/t8-,9+/m0/s1. The number of nitrogens with zero attached hydrogens (tertiary/aromatic N) is 2. The molecule has 7 nitrogen and oxygen atoms in total. The molecule has 1 heterocycles. The summed E-state index contributed by atoms with van der Waals surface area (Å²) in [7, 11) is -4.13. The SMILES string of the molecule is C[C@@H]1[C@@H](C)CCN1c1cccc(S(N)(=O)=O)c1[N+](=O)[O-]. The van der Waals surface area contributed by atoms with Gasteiger partial charge in [-0.15, -0.1) is 0 Å². The summed E-state index contributed by atoms with van der Waals surface area (Å²) in [6, 6.07) is 4.34. The molecule has 2 rings (SSSR count). The van der Waals surface area contributed by atoms with Crippen LogP contribution in [0.25, 0.3) is 0 Å². The molecule has 1 aliphatic rings. The predicted molar refractivity (Wildman–Crippen MR) is 75.1 cm³/mol. The van der Waals surface area contributed by atoms with Crippen molar-refractivity contribution in [3.05, 3.63) is 28.3 Å². The van der Waals surface area contributed by atoms with Gasteiger partial charge in [-0.05, 0) is 31.4 Å². The highest BCUT2D eigenvalue weighted by molar-refractivity contribution is 7.89. The molecule has 1 aromatic rings. The molecule has 1 aromatic carbocycles. The normalized spacial score (nSPS) is 23.1. The summed E-state index contributed by atoms with van der Waals surface area (Å²) < 4.78 is 23.1. The average molecular weight is 299 g/mol. The number of anilines is 1. The molecule has 20 heavy (non-hydrogen) atoms. The van der Waals surface area contributed by atoms with Gasteiger partial charge in [-0.2, -0.15) is 0 Å². The molecule has 1 aliphatic heterocycles. The van der Waals surface area contributed by atoms with E-state index in [0.717, 1.165) is 6.42 Å². The van der Waals surface area contributed by atoms with Crippen LogP contribution in [-0.2, 0) is 10.0 Å². The molecule has 0 radical (unpaired) electrons. The first-order valence-electron chi connectivity index (χ1n) is 6.30. The van der Waals surface area contributed by atoms with Crippen LogP contribution in [0.4, 0.5) is 11.4 Å². The fourth-order valence-corrected chi connectivity index (χ4v) is 3.31. The first-order chi connectivity index (χ1) is 9.23. The number of hydrogen-bond donors (Lipinski definition) is 1. The van der Waals surface area contributed by atoms with Crippen LogP contribution in [0.3, 0.4) is 0 Å². The first-order valence-corrected chi connectivity index (χ1v) is 7.85. The van der Waals surface area contributed by atoms with Gasteiger partial charge in [-0.25, -0.2) is 13.6 Å². The van der Waals surface area contributed by atoms with Gasteiger partial charge in [0.05, 0.1) is 4.92 Å². The van der Waals surface area contributed by atoms with Gasteiger partial charge in [0.1, 0.15) is 5.69 Å². The van der Waals surface area contributed by atoms with Crippen molar-refractivity contribution in [3.63, 3.8) is 0 Å². The highest BCUT2D eigenvalue weighted by Crippen LogP contribution is 2.38. The minimum atomic E-state index is -4.13. The van der Waals surface area contributed by atoms with Crippen LogP contribution in [0.5, 0.6) is 0 Å². The fourth-order valence-electron chi connectivity index (χ4n) is 2.59. The van der Waals surface area contributed by atoms with E-state index in [-0.39, 0.29) is 6.04 Å². The molecule has 0 bridgehead atoms. The number of primary sulfonamides is 1. The summed E-state index contributed by atoms with van der Waals surface area (Å²) in [6.07, 6.45) is 0.915. The Bertz CT molecular complexity index is 644. The first kappa shape index (κ1) is 14.7. The Balaban J connectivity index is 2.63. The third-order valence-corrected chi connectivity index (χ3v) is 4.86. The minimum absolute atomic E-state index is 0.115. The van der Waals surface area contributed by atoms with E-state index >= 15 is 0 Å². The minimum Gasteiger partial charge on any atom is -0.363 e. The van der Waals surface area contributed by atoms with Gasteiger partial charge >= 0.3 is 5.69 Å². The zero-order valence-electron chi connectivity index (χ0n) is 11.3. The molecule has 8 heteroatoms. The van der Waals surface area contributed by atoms with E-state index in [9.17, 15) is 18.5 Å². The summed E-state index contributed by atoms with van der Waals surface area (Å²) in [6.45, 7) is 4.71. The van der Waals surface area contributed by atoms with E-state index in [2.05, 4.69) is 6.92 Å². The van der Waals surface area contributed by atoms with Crippen LogP contribution in [-0.4, -0.2) is 25.9 Å². The molecular formula is C12H17N3O4S. The zero-order chi connectivity index (χ0) is 15.1. The van der Waals surface area contributed by atoms with Crippen LogP contribution >= 0.6 is 0 Å². The number of nitrogens with two attached hydrogens (primary N) is 1. The lowest BCUT2D eigenvalue weighted by atomic mass is 10.0. The summed E-state index contributed by atoms with van der Waals surface area (Å²) in [5.41, 5.74) is -0.116. The molecule has 0 aliphatic carbocycles. The maximum absolute atomic E-state index is 11.5. The summed E-state index contributed by atoms with van der Waals surface area (Å²) in [5.74, 6) is 0.396. The van der Waals surface area contributed by atoms with Crippen molar-refractivity contribution in [2.75, 3.05) is 11.4 Å². The maximum Gasteiger partial charge on any atom is 0.312 e. The van der Waals surface area contributed by atoms with Crippen molar-refractivity contribution in [2.24, 2.45) is 11.1 Å². The summed E-state index contributed by atoms with van der Waals surface area (Å²) >= 11 is 0. The van der Waals surface area contributed by atoms with Gasteiger partial charge in [0, 0.05) is 12.6 Å². The number of hydrogen-bond acceptors (Lipinski definition) is 5. The molecule has 0 saturated carbocycles. The van der Waals surface area contributed by atoms with Gasteiger partial charge in [0.2, 0.25) is 10.0 Å². The lowest BCUT2D eigenvalue weighted by molar-refractivity contribution is -0.387. The molecule has 0 unspecified atom stereocenters. The Hall–Kier alpha value is -1.67. The van der Waals surface area contributed by atoms with Crippen molar-refractivity contribution in [1.29, 1.82) is 0 Å². The van der Waals surface area contributed by atoms with Crippen molar-refractivity contribution >= 4 is 21.4 Å². The third-order valence-electron chi connectivity index (χ3n) is 3.92. The van der Waals surface area contributed by atoms with Crippen LogP contribution < -0.4 is 10.0 Å². The highest BCUT2D eigenvalue weighted by atomic mass is 32.2. The second-order valence-electron chi connectivity index (χ2n) is 5.13. The molecule has 0 amide bonds. The Kier molecular flexibility index (Phi) is 3.70. The number of para-hydroxylation sites is 1. The Morgan fingerprint density at radius 3 is 2.50 bits per heavy atom. The van der Waals surface area contributed by atoms with E-state index < -0.39 is 25.5 Å². The number of nitro groups is 1. The highest BCUT2D eigenvalue weighted by Gasteiger charge is 2.35. The molecular weight excluding hydrogens is 282 g/mol. The quantitative estimate of drug-likeness (QED) is 0.672. The van der Waals surface area contributed by atoms with E-state index in [0.29, 0.717) is 18.2 Å². The zero-order valence-corrected chi connectivity index (χ0v) is 12.1. The predicted octanol–water partition coefficient (Wildman–Crippen LogP) is 1.48. The van der Waals surface area contributed by atoms with E-state index in [1.54, 1.807) is 6.07 Å². The number of nitro benzene ring substituents is 1. The lowest BCUT2D eigenvalue weighted by Gasteiger charge is -2.25. The Morgan fingerprint density at radius 2 is 2.05 bits per heavy atom. The van der Waals surface area contributed by atoms with Crippen molar-refractivity contribution in [2.45, 2.75) is 31.2 Å². The molecule has 110 valence electrons. The van der Waals surface area contributed by atoms with E-state index in [4.69, 9.17) is 5.14 Å². The monoisotopic (exact) mass is 299 g/mol. The van der Waals surface area contributed by atoms with Crippen LogP contribution in [0, 0.1) is 16.0 Å². The van der Waals surface area contributed by atoms with Crippen molar-refractivity contribution in [1.82, 2.24) is 0 Å². The topological polar surface area (TPSA) is 107 Å². The van der Waals surface area contributed by atoms with Gasteiger partial charge in [-0.3, -0.25) is 10.1 Å². The number of benzene rings is 1. The molecule has 2 N–H and O–H groups in total. The van der Waals surface area contributed by atoms with Gasteiger partial charge < -0.3 is 4.90 Å². The smallest absolute Gasteiger partial charge is 0.312 e. The summed E-state index contributed by atoms with van der Waals surface area (Å²) in [4.78, 5) is 12.1. The Morgan fingerprint density at radius 1 is 1.40 bits per heavy atom. The fraction of sp³-hybridized carbons (Fsp3) is 0.500. The van der Waals surface area contributed by atoms with E-state index in [1.165, 1.54) is 12.1 Å². The molecule has 0 spiro atoms. The van der Waals surface area contributed by atoms with Crippen LogP contribution in [0.15, 0.2) is 23.1 Å². The largest absolute Gasteiger partial charge is 0.363 e. The van der Waals surface area contributed by atoms with Crippen LogP contribution in [0.2, 0.25) is 0 Å². The molecule has 1 fully saturated rings. The van der Waals surface area contributed by atoms with Crippen molar-refractivity contribution in [3.8, 4) is 0 Å². The lowest BCUT2D eigenvalue weighted by Crippen LogP contribution is -2.30. The Labute approximate surface area is 117 Å². The third kappa shape index (κ3) is 2.48. The molecule has 1 saturated heterocycles. The van der Waals surface area contributed by atoms with Crippen LogP contribution in [0.1, 0.15) is 20.3 Å². The van der Waals surface area contributed by atoms with Gasteiger partial charge in [0.25, 0.3) is 0 Å². The van der Waals surface area contributed by atoms with Crippen molar-refractivity contribution < 1.29 is 13.3 Å². The maximum atomic E-state index is 11.5. The second-order valence-corrected chi connectivity index (χ2v) is 6.66. The van der Waals surface area contributed by atoms with Gasteiger partial charge in [0.15, 0.2) is 4.90 Å². The molecule has 0 aromatic heterocycles. The van der Waals surface area contributed by atoms with E-state index in [1.807, 2.05) is 11.8 Å². The number of sulfonamides is 1.